The van der Waals surface area contributed by atoms with E-state index in [9.17, 15) is 14.7 Å². The summed E-state index contributed by atoms with van der Waals surface area (Å²) in [5.41, 5.74) is 2.16. The lowest BCUT2D eigenvalue weighted by Gasteiger charge is -2.27. The molecule has 2 aromatic heterocycles. The first-order valence-electron chi connectivity index (χ1n) is 9.85. The quantitative estimate of drug-likeness (QED) is 0.720. The largest absolute Gasteiger partial charge is 0.508 e. The van der Waals surface area contributed by atoms with E-state index in [2.05, 4.69) is 9.97 Å². The van der Waals surface area contributed by atoms with Gasteiger partial charge in [-0.05, 0) is 24.3 Å². The van der Waals surface area contributed by atoms with E-state index in [-0.39, 0.29) is 24.0 Å². The fourth-order valence-electron chi connectivity index (χ4n) is 4.04. The molecule has 1 atom stereocenters. The number of anilines is 1. The molecule has 1 aromatic carbocycles. The number of hydrogen-bond acceptors (Lipinski definition) is 6. The molecule has 1 unspecified atom stereocenters. The third-order valence-corrected chi connectivity index (χ3v) is 5.56. The predicted octanol–water partition coefficient (Wildman–Crippen LogP) is 2.38. The van der Waals surface area contributed by atoms with Crippen molar-refractivity contribution in [2.24, 2.45) is 5.92 Å². The minimum Gasteiger partial charge on any atom is -0.508 e. The van der Waals surface area contributed by atoms with Crippen LogP contribution in [0.4, 0.5) is 5.69 Å². The van der Waals surface area contributed by atoms with Crippen molar-refractivity contribution in [1.82, 2.24) is 14.9 Å². The first kappa shape index (κ1) is 18.4. The van der Waals surface area contributed by atoms with Crippen LogP contribution in [0.25, 0.3) is 11.5 Å². The number of phenols is 1. The first-order chi connectivity index (χ1) is 14.6. The van der Waals surface area contributed by atoms with Gasteiger partial charge in [0.25, 0.3) is 0 Å². The molecule has 1 saturated heterocycles. The highest BCUT2D eigenvalue weighted by Gasteiger charge is 2.38. The fourth-order valence-corrected chi connectivity index (χ4v) is 4.04. The molecule has 30 heavy (non-hydrogen) atoms. The van der Waals surface area contributed by atoms with Gasteiger partial charge in [0.05, 0.1) is 18.0 Å². The summed E-state index contributed by atoms with van der Waals surface area (Å²) in [4.78, 5) is 37.6. The number of amides is 2. The van der Waals surface area contributed by atoms with Crippen molar-refractivity contribution in [3.05, 3.63) is 60.2 Å². The number of fused-ring (bicyclic) bond motifs is 1. The van der Waals surface area contributed by atoms with E-state index in [1.54, 1.807) is 40.4 Å². The lowest BCUT2D eigenvalue weighted by molar-refractivity contribution is -0.136. The zero-order chi connectivity index (χ0) is 20.7. The van der Waals surface area contributed by atoms with Gasteiger partial charge >= 0.3 is 0 Å². The van der Waals surface area contributed by atoms with Crippen LogP contribution in [0, 0.1) is 5.92 Å². The number of nitrogens with zero attached hydrogens (tertiary/aromatic N) is 4. The van der Waals surface area contributed by atoms with Crippen LogP contribution in [-0.4, -0.2) is 44.9 Å². The van der Waals surface area contributed by atoms with E-state index in [1.165, 1.54) is 6.07 Å². The van der Waals surface area contributed by atoms with Crippen LogP contribution in [0.1, 0.15) is 17.9 Å². The summed E-state index contributed by atoms with van der Waals surface area (Å²) in [7, 11) is 0. The van der Waals surface area contributed by atoms with E-state index >= 15 is 0 Å². The SMILES string of the molecule is O=C(C1CC(=O)N(c2cccc(O)c2)C1)N1CCc2oc(-c3cccnc3)nc2C1. The Hall–Kier alpha value is -3.68. The maximum Gasteiger partial charge on any atom is 0.228 e. The Labute approximate surface area is 172 Å². The minimum atomic E-state index is -0.411. The Morgan fingerprint density at radius 2 is 2.13 bits per heavy atom. The Kier molecular flexibility index (Phi) is 4.46. The predicted molar refractivity (Wildman–Crippen MR) is 107 cm³/mol. The number of phenolic OH excluding ortho intramolecular Hbond substituents is 1. The van der Waals surface area contributed by atoms with Gasteiger partial charge in [-0.15, -0.1) is 0 Å². The maximum absolute atomic E-state index is 13.1. The molecule has 152 valence electrons. The molecule has 0 bridgehead atoms. The normalized spacial score (nSPS) is 18.5. The Morgan fingerprint density at radius 3 is 2.93 bits per heavy atom. The molecular formula is C22H20N4O4. The number of aromatic hydroxyl groups is 1. The highest BCUT2D eigenvalue weighted by molar-refractivity contribution is 6.00. The van der Waals surface area contributed by atoms with Crippen LogP contribution < -0.4 is 4.90 Å². The fraction of sp³-hybridized carbons (Fsp3) is 0.273. The second-order valence-corrected chi connectivity index (χ2v) is 7.57. The summed E-state index contributed by atoms with van der Waals surface area (Å²) in [6.07, 6.45) is 4.14. The molecule has 2 amide bonds. The summed E-state index contributed by atoms with van der Waals surface area (Å²) in [6, 6.07) is 10.2. The highest BCUT2D eigenvalue weighted by Crippen LogP contribution is 2.31. The third-order valence-electron chi connectivity index (χ3n) is 5.56. The lowest BCUT2D eigenvalue weighted by atomic mass is 10.0. The van der Waals surface area contributed by atoms with E-state index in [4.69, 9.17) is 4.42 Å². The van der Waals surface area contributed by atoms with Crippen LogP contribution in [0.2, 0.25) is 0 Å². The van der Waals surface area contributed by atoms with Gasteiger partial charge in [0.2, 0.25) is 17.7 Å². The molecule has 1 N–H and O–H groups in total. The highest BCUT2D eigenvalue weighted by atomic mass is 16.4. The van der Waals surface area contributed by atoms with Gasteiger partial charge in [-0.2, -0.15) is 0 Å². The number of pyridine rings is 1. The van der Waals surface area contributed by atoms with E-state index < -0.39 is 5.92 Å². The van der Waals surface area contributed by atoms with Gasteiger partial charge < -0.3 is 19.3 Å². The standard InChI is InChI=1S/C22H20N4O4/c27-17-5-1-4-16(10-17)26-12-15(9-20(26)28)22(29)25-8-6-19-18(13-25)24-21(30-19)14-3-2-7-23-11-14/h1-5,7,10-11,15,27H,6,8-9,12-13H2. The van der Waals surface area contributed by atoms with Gasteiger partial charge in [0.1, 0.15) is 17.2 Å². The molecule has 8 nitrogen and oxygen atoms in total. The summed E-state index contributed by atoms with van der Waals surface area (Å²) < 4.78 is 5.87. The van der Waals surface area contributed by atoms with Crippen molar-refractivity contribution in [3.63, 3.8) is 0 Å². The van der Waals surface area contributed by atoms with Crippen LogP contribution in [0.5, 0.6) is 5.75 Å². The topological polar surface area (TPSA) is 99.8 Å². The van der Waals surface area contributed by atoms with Gasteiger partial charge in [-0.25, -0.2) is 4.98 Å². The van der Waals surface area contributed by atoms with E-state index in [1.807, 2.05) is 12.1 Å². The van der Waals surface area contributed by atoms with Crippen LogP contribution in [0.15, 0.2) is 53.2 Å². The van der Waals surface area contributed by atoms with Gasteiger partial charge in [-0.3, -0.25) is 14.6 Å². The number of rotatable bonds is 3. The molecule has 2 aliphatic heterocycles. The van der Waals surface area contributed by atoms with Crippen molar-refractivity contribution in [2.75, 3.05) is 18.0 Å². The Bertz CT molecular complexity index is 1110. The van der Waals surface area contributed by atoms with Crippen molar-refractivity contribution in [3.8, 4) is 17.2 Å². The number of carbonyl (C=O) groups excluding carboxylic acids is 2. The molecule has 1 fully saturated rings. The lowest BCUT2D eigenvalue weighted by Crippen LogP contribution is -2.40. The van der Waals surface area contributed by atoms with E-state index in [0.29, 0.717) is 37.6 Å². The summed E-state index contributed by atoms with van der Waals surface area (Å²) >= 11 is 0. The van der Waals surface area contributed by atoms with E-state index in [0.717, 1.165) is 17.0 Å². The zero-order valence-corrected chi connectivity index (χ0v) is 16.2. The van der Waals surface area contributed by atoms with Crippen molar-refractivity contribution in [1.29, 1.82) is 0 Å². The van der Waals surface area contributed by atoms with Crippen molar-refractivity contribution >= 4 is 17.5 Å². The first-order valence-corrected chi connectivity index (χ1v) is 9.85. The Balaban J connectivity index is 1.30. The van der Waals surface area contributed by atoms with Gasteiger partial charge in [0, 0.05) is 50.1 Å². The number of oxazole rings is 1. The summed E-state index contributed by atoms with van der Waals surface area (Å²) in [5.74, 6) is 0.815. The third kappa shape index (κ3) is 3.30. The molecule has 0 spiro atoms. The van der Waals surface area contributed by atoms with Crippen LogP contribution >= 0.6 is 0 Å². The number of carbonyl (C=O) groups is 2. The van der Waals surface area contributed by atoms with Crippen molar-refractivity contribution in [2.45, 2.75) is 19.4 Å². The Morgan fingerprint density at radius 1 is 1.23 bits per heavy atom. The zero-order valence-electron chi connectivity index (χ0n) is 16.2. The smallest absolute Gasteiger partial charge is 0.228 e. The number of aromatic nitrogens is 2. The summed E-state index contributed by atoms with van der Waals surface area (Å²) in [6.45, 7) is 1.21. The second kappa shape index (κ2) is 7.29. The van der Waals surface area contributed by atoms with Crippen LogP contribution in [-0.2, 0) is 22.6 Å². The molecule has 0 saturated carbocycles. The molecular weight excluding hydrogens is 384 g/mol. The van der Waals surface area contributed by atoms with Gasteiger partial charge in [0.15, 0.2) is 0 Å². The minimum absolute atomic E-state index is 0.0532. The molecule has 3 aromatic rings. The second-order valence-electron chi connectivity index (χ2n) is 7.57. The summed E-state index contributed by atoms with van der Waals surface area (Å²) in [5, 5.41) is 9.68. The molecule has 4 heterocycles. The number of benzene rings is 1. The number of hydrogen-bond donors (Lipinski definition) is 1. The average molecular weight is 404 g/mol. The van der Waals surface area contributed by atoms with Crippen LogP contribution in [0.3, 0.4) is 0 Å². The molecule has 0 radical (unpaired) electrons. The molecule has 0 aliphatic carbocycles. The van der Waals surface area contributed by atoms with Gasteiger partial charge in [-0.1, -0.05) is 6.07 Å². The molecule has 8 heteroatoms. The molecule has 2 aliphatic rings. The average Bonchev–Trinajstić information content (AvgIpc) is 3.37. The monoisotopic (exact) mass is 404 g/mol. The molecule has 5 rings (SSSR count). The maximum atomic E-state index is 13.1. The van der Waals surface area contributed by atoms with Crippen molar-refractivity contribution < 1.29 is 19.1 Å².